The third-order valence-corrected chi connectivity index (χ3v) is 3.67. The van der Waals surface area contributed by atoms with Crippen molar-refractivity contribution in [1.82, 2.24) is 10.6 Å². The molecule has 0 heterocycles. The standard InChI is InChI=1S/C14H20Br2N2O2/c1-4-17-13(19)8-20-14-11(15)5-10(6-12(14)16)7-18-9(2)3/h5-6,9,18H,4,7-8H2,1-3H3,(H,17,19). The minimum Gasteiger partial charge on any atom is -0.481 e. The summed E-state index contributed by atoms with van der Waals surface area (Å²) >= 11 is 6.96. The van der Waals surface area contributed by atoms with Crippen LogP contribution in [0.5, 0.6) is 5.75 Å². The molecule has 0 saturated heterocycles. The lowest BCUT2D eigenvalue weighted by Crippen LogP contribution is -2.28. The Hall–Kier alpha value is -0.590. The van der Waals surface area contributed by atoms with Crippen LogP contribution in [0.15, 0.2) is 21.1 Å². The molecule has 0 aromatic heterocycles. The maximum Gasteiger partial charge on any atom is 0.257 e. The summed E-state index contributed by atoms with van der Waals surface area (Å²) in [6.45, 7) is 7.48. The highest BCUT2D eigenvalue weighted by atomic mass is 79.9. The lowest BCUT2D eigenvalue weighted by Gasteiger charge is -2.13. The van der Waals surface area contributed by atoms with E-state index in [0.717, 1.165) is 21.1 Å². The van der Waals surface area contributed by atoms with Crippen molar-refractivity contribution in [2.45, 2.75) is 33.4 Å². The highest BCUT2D eigenvalue weighted by molar-refractivity contribution is 9.11. The number of nitrogens with one attached hydrogen (secondary N) is 2. The molecule has 1 aromatic carbocycles. The van der Waals surface area contributed by atoms with Gasteiger partial charge in [0.05, 0.1) is 8.95 Å². The molecule has 0 spiro atoms. The van der Waals surface area contributed by atoms with Crippen molar-refractivity contribution in [2.75, 3.05) is 13.2 Å². The molecule has 112 valence electrons. The van der Waals surface area contributed by atoms with Gasteiger partial charge in [-0.2, -0.15) is 0 Å². The molecule has 0 atom stereocenters. The normalized spacial score (nSPS) is 10.7. The summed E-state index contributed by atoms with van der Waals surface area (Å²) in [5.74, 6) is 0.515. The van der Waals surface area contributed by atoms with Crippen molar-refractivity contribution in [3.63, 3.8) is 0 Å². The Morgan fingerprint density at radius 2 is 1.90 bits per heavy atom. The van der Waals surface area contributed by atoms with Gasteiger partial charge in [0.1, 0.15) is 5.75 Å². The summed E-state index contributed by atoms with van der Waals surface area (Å²) in [6, 6.07) is 4.42. The lowest BCUT2D eigenvalue weighted by atomic mass is 10.2. The van der Waals surface area contributed by atoms with Crippen molar-refractivity contribution in [2.24, 2.45) is 0 Å². The van der Waals surface area contributed by atoms with Gasteiger partial charge in [-0.05, 0) is 56.5 Å². The molecule has 0 bridgehead atoms. The Bertz CT molecular complexity index is 441. The zero-order valence-electron chi connectivity index (χ0n) is 11.9. The number of likely N-dealkylation sites (N-methyl/N-ethyl adjacent to an activating group) is 1. The number of rotatable bonds is 7. The van der Waals surface area contributed by atoms with Gasteiger partial charge in [-0.1, -0.05) is 13.8 Å². The molecule has 0 radical (unpaired) electrons. The molecular weight excluding hydrogens is 388 g/mol. The van der Waals surface area contributed by atoms with Crippen LogP contribution >= 0.6 is 31.9 Å². The van der Waals surface area contributed by atoms with Crippen LogP contribution in [0.2, 0.25) is 0 Å². The van der Waals surface area contributed by atoms with E-state index in [9.17, 15) is 4.79 Å². The van der Waals surface area contributed by atoms with Crippen molar-refractivity contribution in [1.29, 1.82) is 0 Å². The van der Waals surface area contributed by atoms with E-state index in [1.54, 1.807) is 0 Å². The summed E-state index contributed by atoms with van der Waals surface area (Å²) in [5, 5.41) is 6.05. The Labute approximate surface area is 136 Å². The predicted molar refractivity (Wildman–Crippen MR) is 88.0 cm³/mol. The maximum absolute atomic E-state index is 11.4. The fourth-order valence-electron chi connectivity index (χ4n) is 1.56. The van der Waals surface area contributed by atoms with Gasteiger partial charge in [0.25, 0.3) is 5.91 Å². The molecule has 20 heavy (non-hydrogen) atoms. The second kappa shape index (κ2) is 8.64. The van der Waals surface area contributed by atoms with Gasteiger partial charge in [-0.15, -0.1) is 0 Å². The zero-order chi connectivity index (χ0) is 15.1. The predicted octanol–water partition coefficient (Wildman–Crippen LogP) is 3.22. The van der Waals surface area contributed by atoms with E-state index in [-0.39, 0.29) is 12.5 Å². The van der Waals surface area contributed by atoms with Crippen LogP contribution in [-0.2, 0) is 11.3 Å². The van der Waals surface area contributed by atoms with E-state index >= 15 is 0 Å². The van der Waals surface area contributed by atoms with Crippen molar-refractivity contribution in [3.05, 3.63) is 26.6 Å². The molecule has 0 aliphatic carbocycles. The van der Waals surface area contributed by atoms with E-state index in [4.69, 9.17) is 4.74 Å². The minimum atomic E-state index is -0.128. The molecule has 0 fully saturated rings. The van der Waals surface area contributed by atoms with Crippen molar-refractivity contribution >= 4 is 37.8 Å². The first-order valence-electron chi connectivity index (χ1n) is 6.54. The topological polar surface area (TPSA) is 50.4 Å². The number of benzene rings is 1. The number of carbonyl (C=O) groups is 1. The van der Waals surface area contributed by atoms with Gasteiger partial charge >= 0.3 is 0 Å². The average molecular weight is 408 g/mol. The third-order valence-electron chi connectivity index (χ3n) is 2.49. The fraction of sp³-hybridized carbons (Fsp3) is 0.500. The van der Waals surface area contributed by atoms with Gasteiger partial charge in [-0.25, -0.2) is 0 Å². The third kappa shape index (κ3) is 5.81. The minimum absolute atomic E-state index is 0.00856. The van der Waals surface area contributed by atoms with E-state index < -0.39 is 0 Å². The van der Waals surface area contributed by atoms with Crippen LogP contribution in [-0.4, -0.2) is 25.1 Å². The SMILES string of the molecule is CCNC(=O)COc1c(Br)cc(CNC(C)C)cc1Br. The largest absolute Gasteiger partial charge is 0.481 e. The number of hydrogen-bond acceptors (Lipinski definition) is 3. The van der Waals surface area contributed by atoms with E-state index in [1.807, 2.05) is 19.1 Å². The monoisotopic (exact) mass is 406 g/mol. The molecule has 0 saturated carbocycles. The molecule has 0 aliphatic rings. The number of ether oxygens (including phenoxy) is 1. The van der Waals surface area contributed by atoms with Gasteiger partial charge < -0.3 is 15.4 Å². The maximum atomic E-state index is 11.4. The lowest BCUT2D eigenvalue weighted by molar-refractivity contribution is -0.123. The Morgan fingerprint density at radius 3 is 2.40 bits per heavy atom. The average Bonchev–Trinajstić information content (AvgIpc) is 2.35. The molecule has 1 aromatic rings. The fourth-order valence-corrected chi connectivity index (χ4v) is 3.07. The molecular formula is C14H20Br2N2O2. The van der Waals surface area contributed by atoms with Crippen LogP contribution in [0.25, 0.3) is 0 Å². The summed E-state index contributed by atoms with van der Waals surface area (Å²) in [6.07, 6.45) is 0. The summed E-state index contributed by atoms with van der Waals surface area (Å²) in [7, 11) is 0. The number of hydrogen-bond donors (Lipinski definition) is 2. The first kappa shape index (κ1) is 17.5. The van der Waals surface area contributed by atoms with E-state index in [2.05, 4.69) is 56.3 Å². The van der Waals surface area contributed by atoms with Crippen LogP contribution in [0, 0.1) is 0 Å². The Morgan fingerprint density at radius 1 is 1.30 bits per heavy atom. The molecule has 0 unspecified atom stereocenters. The Balaban J connectivity index is 2.71. The highest BCUT2D eigenvalue weighted by Crippen LogP contribution is 2.34. The smallest absolute Gasteiger partial charge is 0.257 e. The number of amides is 1. The summed E-state index contributed by atoms with van der Waals surface area (Å²) in [5.41, 5.74) is 1.14. The molecule has 2 N–H and O–H groups in total. The number of halogens is 2. The first-order chi connectivity index (χ1) is 9.43. The van der Waals surface area contributed by atoms with Gasteiger partial charge in [0.2, 0.25) is 0 Å². The molecule has 1 amide bonds. The van der Waals surface area contributed by atoms with E-state index in [1.165, 1.54) is 0 Å². The van der Waals surface area contributed by atoms with Crippen molar-refractivity contribution < 1.29 is 9.53 Å². The highest BCUT2D eigenvalue weighted by Gasteiger charge is 2.11. The number of carbonyl (C=O) groups excluding carboxylic acids is 1. The molecule has 0 aliphatic heterocycles. The summed E-state index contributed by atoms with van der Waals surface area (Å²) < 4.78 is 7.20. The van der Waals surface area contributed by atoms with Crippen LogP contribution in [0.1, 0.15) is 26.3 Å². The van der Waals surface area contributed by atoms with Crippen LogP contribution in [0.3, 0.4) is 0 Å². The zero-order valence-corrected chi connectivity index (χ0v) is 15.1. The second-order valence-corrected chi connectivity index (χ2v) is 6.38. The Kier molecular flexibility index (Phi) is 7.55. The van der Waals surface area contributed by atoms with Gasteiger partial charge in [0, 0.05) is 19.1 Å². The summed E-state index contributed by atoms with van der Waals surface area (Å²) in [4.78, 5) is 11.4. The van der Waals surface area contributed by atoms with Crippen molar-refractivity contribution in [3.8, 4) is 5.75 Å². The quantitative estimate of drug-likeness (QED) is 0.729. The molecule has 6 heteroatoms. The van der Waals surface area contributed by atoms with Crippen LogP contribution in [0.4, 0.5) is 0 Å². The molecule has 4 nitrogen and oxygen atoms in total. The van der Waals surface area contributed by atoms with Crippen LogP contribution < -0.4 is 15.4 Å². The van der Waals surface area contributed by atoms with Gasteiger partial charge in [0.15, 0.2) is 6.61 Å². The second-order valence-electron chi connectivity index (χ2n) is 4.67. The van der Waals surface area contributed by atoms with E-state index in [0.29, 0.717) is 18.3 Å². The first-order valence-corrected chi connectivity index (χ1v) is 8.13. The van der Waals surface area contributed by atoms with Gasteiger partial charge in [-0.3, -0.25) is 4.79 Å². The molecule has 1 rings (SSSR count).